The second-order valence-corrected chi connectivity index (χ2v) is 10.4. The summed E-state index contributed by atoms with van der Waals surface area (Å²) in [4.78, 5) is 15.2. The van der Waals surface area contributed by atoms with Crippen molar-refractivity contribution in [1.82, 2.24) is 19.9 Å². The summed E-state index contributed by atoms with van der Waals surface area (Å²) in [6.45, 7) is 7.58. The largest absolute Gasteiger partial charge is 0.353 e. The van der Waals surface area contributed by atoms with Gasteiger partial charge in [0, 0.05) is 24.2 Å². The predicted octanol–water partition coefficient (Wildman–Crippen LogP) is 5.95. The van der Waals surface area contributed by atoms with Gasteiger partial charge in [-0.1, -0.05) is 108 Å². The monoisotopic (exact) mass is 503 g/mol. The average Bonchev–Trinajstić information content (AvgIpc) is 2.64. The number of aromatic nitrogens is 3. The fourth-order valence-electron chi connectivity index (χ4n) is 2.38. The van der Waals surface area contributed by atoms with Gasteiger partial charge in [-0.15, -0.1) is 0 Å². The first-order valence-electron chi connectivity index (χ1n) is 8.51. The van der Waals surface area contributed by atoms with Gasteiger partial charge in [0.25, 0.3) is 0 Å². The molecule has 2 rings (SSSR count). The van der Waals surface area contributed by atoms with E-state index in [0.29, 0.717) is 29.4 Å². The summed E-state index contributed by atoms with van der Waals surface area (Å²) in [5.41, 5.74) is 1.19. The van der Waals surface area contributed by atoms with Crippen LogP contribution < -0.4 is 5.32 Å². The lowest BCUT2D eigenvalue weighted by Gasteiger charge is -2.18. The zero-order chi connectivity index (χ0) is 20.9. The molecule has 2 aromatic rings. The van der Waals surface area contributed by atoms with Crippen LogP contribution in [0.25, 0.3) is 11.4 Å². The molecule has 0 bridgehead atoms. The number of alkyl halides is 6. The number of rotatable bonds is 7. The van der Waals surface area contributed by atoms with Gasteiger partial charge >= 0.3 is 0 Å². The summed E-state index contributed by atoms with van der Waals surface area (Å²) in [6.07, 6.45) is 0. The molecule has 0 aliphatic heterocycles. The number of likely N-dealkylation sites (N-methyl/N-ethyl adjacent to an activating group) is 1. The molecule has 1 N–H and O–H groups in total. The lowest BCUT2D eigenvalue weighted by molar-refractivity contribution is 0.316. The van der Waals surface area contributed by atoms with Crippen LogP contribution in [0.15, 0.2) is 24.3 Å². The molecule has 0 aliphatic rings. The molecule has 0 radical (unpaired) electrons. The van der Waals surface area contributed by atoms with Crippen LogP contribution in [0.5, 0.6) is 0 Å². The first kappa shape index (κ1) is 24.0. The van der Waals surface area contributed by atoms with Crippen LogP contribution >= 0.6 is 69.6 Å². The molecule has 1 heterocycles. The van der Waals surface area contributed by atoms with E-state index in [1.807, 2.05) is 0 Å². The Labute approximate surface area is 194 Å². The highest BCUT2D eigenvalue weighted by atomic mass is 35.6. The van der Waals surface area contributed by atoms with Gasteiger partial charge in [0.2, 0.25) is 13.5 Å². The normalized spacial score (nSPS) is 12.5. The van der Waals surface area contributed by atoms with Gasteiger partial charge in [0.1, 0.15) is 0 Å². The predicted molar refractivity (Wildman–Crippen MR) is 120 cm³/mol. The molecule has 1 aromatic carbocycles. The number of halogens is 6. The van der Waals surface area contributed by atoms with E-state index in [1.165, 1.54) is 0 Å². The lowest BCUT2D eigenvalue weighted by atomic mass is 10.1. The minimum Gasteiger partial charge on any atom is -0.353 e. The number of hydrogen-bond acceptors (Lipinski definition) is 5. The van der Waals surface area contributed by atoms with E-state index in [1.54, 1.807) is 24.3 Å². The van der Waals surface area contributed by atoms with Gasteiger partial charge in [-0.3, -0.25) is 0 Å². The number of hydrogen-bond donors (Lipinski definition) is 1. The fraction of sp³-hybridized carbons (Fsp3) is 0.471. The molecule has 0 saturated heterocycles. The van der Waals surface area contributed by atoms with Crippen LogP contribution in [-0.4, -0.2) is 46.0 Å². The maximum Gasteiger partial charge on any atom is 0.250 e. The molecule has 0 aliphatic carbocycles. The lowest BCUT2D eigenvalue weighted by Crippen LogP contribution is -2.29. The molecule has 0 spiro atoms. The van der Waals surface area contributed by atoms with Gasteiger partial charge in [-0.05, 0) is 13.1 Å². The van der Waals surface area contributed by atoms with E-state index in [2.05, 4.69) is 39.0 Å². The summed E-state index contributed by atoms with van der Waals surface area (Å²) in [5.74, 6) is 0.694. The highest BCUT2D eigenvalue weighted by Crippen LogP contribution is 2.39. The highest BCUT2D eigenvalue weighted by Gasteiger charge is 2.29. The third kappa shape index (κ3) is 6.91. The third-order valence-corrected chi connectivity index (χ3v) is 5.13. The topological polar surface area (TPSA) is 53.9 Å². The van der Waals surface area contributed by atoms with Crippen molar-refractivity contribution in [1.29, 1.82) is 0 Å². The van der Waals surface area contributed by atoms with Gasteiger partial charge < -0.3 is 10.2 Å². The van der Waals surface area contributed by atoms with E-state index >= 15 is 0 Å². The Balaban J connectivity index is 2.30. The standard InChI is InChI=1S/C17H19Cl6N5/c1-3-28(4-2)10-9-24-15-26-13(25-14(27-15)17(21,22)23)11-5-7-12(8-6-11)16(18,19)20/h5-8H,3-4,9-10H2,1-2H3,(H,24,25,26,27). The quantitative estimate of drug-likeness (QED) is 0.471. The van der Waals surface area contributed by atoms with E-state index in [4.69, 9.17) is 69.6 Å². The summed E-state index contributed by atoms with van der Waals surface area (Å²) >= 11 is 35.7. The molecule has 5 nitrogen and oxygen atoms in total. The number of nitrogens with one attached hydrogen (secondary N) is 1. The SMILES string of the molecule is CCN(CC)CCNc1nc(-c2ccc(C(Cl)(Cl)Cl)cc2)nc(C(Cl)(Cl)Cl)n1. The molecule has 11 heteroatoms. The first-order valence-corrected chi connectivity index (χ1v) is 10.8. The second kappa shape index (κ2) is 10.2. The van der Waals surface area contributed by atoms with Gasteiger partial charge in [0.05, 0.1) is 0 Å². The number of benzene rings is 1. The third-order valence-electron chi connectivity index (χ3n) is 3.96. The van der Waals surface area contributed by atoms with Crippen molar-refractivity contribution in [3.8, 4) is 11.4 Å². The van der Waals surface area contributed by atoms with Crippen LogP contribution in [0.1, 0.15) is 25.2 Å². The molecule has 0 fully saturated rings. The number of nitrogens with zero attached hydrogens (tertiary/aromatic N) is 4. The van der Waals surface area contributed by atoms with Crippen LogP contribution in [0, 0.1) is 0 Å². The van der Waals surface area contributed by atoms with Gasteiger partial charge in [-0.25, -0.2) is 4.98 Å². The number of anilines is 1. The van der Waals surface area contributed by atoms with Crippen LogP contribution in [0.4, 0.5) is 5.95 Å². The Morgan fingerprint density at radius 2 is 1.46 bits per heavy atom. The van der Waals surface area contributed by atoms with Gasteiger partial charge in [-0.2, -0.15) is 9.97 Å². The first-order chi connectivity index (χ1) is 13.0. The van der Waals surface area contributed by atoms with Crippen LogP contribution in [0.3, 0.4) is 0 Å². The summed E-state index contributed by atoms with van der Waals surface area (Å²) in [7, 11) is 0. The zero-order valence-corrected chi connectivity index (χ0v) is 19.7. The van der Waals surface area contributed by atoms with Crippen molar-refractivity contribution in [2.24, 2.45) is 0 Å². The molecule has 0 atom stereocenters. The van der Waals surface area contributed by atoms with Gasteiger partial charge in [0.15, 0.2) is 11.6 Å². The van der Waals surface area contributed by atoms with Crippen molar-refractivity contribution < 1.29 is 0 Å². The minimum absolute atomic E-state index is 0.0262. The summed E-state index contributed by atoms with van der Waals surface area (Å²) in [6, 6.07) is 6.81. The Morgan fingerprint density at radius 1 is 0.857 bits per heavy atom. The van der Waals surface area contributed by atoms with Crippen molar-refractivity contribution >= 4 is 75.6 Å². The molecule has 0 unspecified atom stereocenters. The minimum atomic E-state index is -1.79. The Hall–Kier alpha value is -0.270. The van der Waals surface area contributed by atoms with Crippen molar-refractivity contribution in [3.63, 3.8) is 0 Å². The average molecular weight is 506 g/mol. The zero-order valence-electron chi connectivity index (χ0n) is 15.2. The Bertz CT molecular complexity index is 769. The van der Waals surface area contributed by atoms with Crippen LogP contribution in [-0.2, 0) is 7.59 Å². The fourth-order valence-corrected chi connectivity index (χ4v) is 3.02. The van der Waals surface area contributed by atoms with E-state index in [-0.39, 0.29) is 5.82 Å². The highest BCUT2D eigenvalue weighted by molar-refractivity contribution is 6.67. The van der Waals surface area contributed by atoms with E-state index < -0.39 is 7.59 Å². The second-order valence-electron chi connectivity index (χ2n) is 5.83. The molecular formula is C17H19Cl6N5. The molecule has 0 saturated carbocycles. The molecule has 28 heavy (non-hydrogen) atoms. The molecule has 0 amide bonds. The van der Waals surface area contributed by atoms with Crippen molar-refractivity contribution in [2.45, 2.75) is 21.4 Å². The Kier molecular flexibility index (Phi) is 8.71. The molecule has 154 valence electrons. The van der Waals surface area contributed by atoms with E-state index in [9.17, 15) is 0 Å². The van der Waals surface area contributed by atoms with E-state index in [0.717, 1.165) is 19.6 Å². The van der Waals surface area contributed by atoms with Crippen molar-refractivity contribution in [2.75, 3.05) is 31.5 Å². The Morgan fingerprint density at radius 3 is 1.96 bits per heavy atom. The summed E-state index contributed by atoms with van der Waals surface area (Å²) in [5, 5.41) is 3.16. The van der Waals surface area contributed by atoms with Crippen LogP contribution in [0.2, 0.25) is 0 Å². The molecule has 1 aromatic heterocycles. The smallest absolute Gasteiger partial charge is 0.250 e. The summed E-state index contributed by atoms with van der Waals surface area (Å²) < 4.78 is -3.30. The molecular weight excluding hydrogens is 487 g/mol. The van der Waals surface area contributed by atoms with Crippen molar-refractivity contribution in [3.05, 3.63) is 35.7 Å². The maximum absolute atomic E-state index is 5.99. The maximum atomic E-state index is 5.99.